The Kier molecular flexibility index (Phi) is 9.18. The number of nitrogens with one attached hydrogen (secondary N) is 1. The monoisotopic (exact) mass is 536 g/mol. The number of hydrogen-bond acceptors (Lipinski definition) is 5. The summed E-state index contributed by atoms with van der Waals surface area (Å²) >= 11 is 1.79. The highest BCUT2D eigenvalue weighted by molar-refractivity contribution is 7.09. The van der Waals surface area contributed by atoms with Crippen molar-refractivity contribution in [1.82, 2.24) is 15.1 Å². The van der Waals surface area contributed by atoms with Crippen molar-refractivity contribution >= 4 is 23.2 Å². The minimum absolute atomic E-state index is 0.0329. The van der Waals surface area contributed by atoms with E-state index in [1.54, 1.807) is 11.3 Å². The van der Waals surface area contributed by atoms with Gasteiger partial charge in [-0.15, -0.1) is 11.3 Å². The molecule has 0 radical (unpaired) electrons. The summed E-state index contributed by atoms with van der Waals surface area (Å²) in [6.07, 6.45) is 8.17. The molecule has 2 aliphatic carbocycles. The highest BCUT2D eigenvalue weighted by Gasteiger charge is 2.43. The van der Waals surface area contributed by atoms with E-state index in [9.17, 15) is 9.59 Å². The summed E-state index contributed by atoms with van der Waals surface area (Å²) in [6, 6.07) is 12.7. The van der Waals surface area contributed by atoms with Crippen LogP contribution in [-0.2, 0) is 22.7 Å². The highest BCUT2D eigenvalue weighted by Crippen LogP contribution is 2.35. The second-order valence-electron chi connectivity index (χ2n) is 11.8. The van der Waals surface area contributed by atoms with Crippen LogP contribution >= 0.6 is 11.3 Å². The number of carbonyl (C=O) groups is 2. The summed E-state index contributed by atoms with van der Waals surface area (Å²) in [5.41, 5.74) is 8.57. The quantitative estimate of drug-likeness (QED) is 0.461. The van der Waals surface area contributed by atoms with Crippen LogP contribution in [0, 0.1) is 24.7 Å². The molecule has 2 aromatic rings. The Morgan fingerprint density at radius 3 is 2.58 bits per heavy atom. The van der Waals surface area contributed by atoms with Gasteiger partial charge in [0.25, 0.3) is 0 Å². The topological polar surface area (TPSA) is 78.7 Å². The zero-order valence-electron chi connectivity index (χ0n) is 22.8. The normalized spacial score (nSPS) is 25.9. The van der Waals surface area contributed by atoms with Gasteiger partial charge < -0.3 is 16.0 Å². The molecule has 6 nitrogen and oxygen atoms in total. The van der Waals surface area contributed by atoms with E-state index in [4.69, 9.17) is 5.73 Å². The van der Waals surface area contributed by atoms with E-state index in [1.165, 1.54) is 28.8 Å². The van der Waals surface area contributed by atoms with Gasteiger partial charge in [0.15, 0.2) is 0 Å². The minimum Gasteiger partial charge on any atom is -0.354 e. The number of nitrogens with two attached hydrogens (primary N) is 1. The number of benzene rings is 1. The van der Waals surface area contributed by atoms with Crippen LogP contribution in [0.5, 0.6) is 0 Å². The van der Waals surface area contributed by atoms with Crippen molar-refractivity contribution in [3.63, 3.8) is 0 Å². The third-order valence-corrected chi connectivity index (χ3v) is 9.83. The van der Waals surface area contributed by atoms with Gasteiger partial charge in [-0.2, -0.15) is 0 Å². The van der Waals surface area contributed by atoms with Crippen molar-refractivity contribution in [3.8, 4) is 0 Å². The molecule has 1 aromatic heterocycles. The Balaban J connectivity index is 1.31. The van der Waals surface area contributed by atoms with E-state index >= 15 is 0 Å². The lowest BCUT2D eigenvalue weighted by atomic mass is 9.81. The zero-order chi connectivity index (χ0) is 26.5. The van der Waals surface area contributed by atoms with Gasteiger partial charge in [-0.05, 0) is 92.8 Å². The van der Waals surface area contributed by atoms with E-state index in [2.05, 4.69) is 58.9 Å². The molecular weight excluding hydrogens is 492 g/mol. The smallest absolute Gasteiger partial charge is 0.242 e. The first-order chi connectivity index (χ1) is 18.5. The lowest BCUT2D eigenvalue weighted by Crippen LogP contribution is -2.58. The highest BCUT2D eigenvalue weighted by atomic mass is 32.1. The fraction of sp³-hybridized carbons (Fsp3) is 0.613. The fourth-order valence-corrected chi connectivity index (χ4v) is 7.17. The molecular formula is C31H44N4O2S. The summed E-state index contributed by atoms with van der Waals surface area (Å²) in [6.45, 7) is 5.98. The molecule has 3 N–H and O–H groups in total. The molecule has 0 spiro atoms. The number of amides is 2. The molecule has 206 valence electrons. The van der Waals surface area contributed by atoms with Crippen molar-refractivity contribution < 1.29 is 9.59 Å². The van der Waals surface area contributed by atoms with Gasteiger partial charge in [-0.1, -0.05) is 36.8 Å². The first-order valence-electron chi connectivity index (χ1n) is 14.6. The molecule has 3 aliphatic rings. The second kappa shape index (κ2) is 12.8. The number of rotatable bonds is 10. The van der Waals surface area contributed by atoms with E-state index in [0.29, 0.717) is 31.3 Å². The maximum absolute atomic E-state index is 13.7. The molecule has 3 fully saturated rings. The van der Waals surface area contributed by atoms with Crippen molar-refractivity contribution in [2.75, 3.05) is 19.6 Å². The Morgan fingerprint density at radius 1 is 1.03 bits per heavy atom. The van der Waals surface area contributed by atoms with Crippen LogP contribution in [-0.4, -0.2) is 53.3 Å². The zero-order valence-corrected chi connectivity index (χ0v) is 23.6. The molecule has 2 saturated carbocycles. The van der Waals surface area contributed by atoms with Gasteiger partial charge in [-0.3, -0.25) is 14.5 Å². The van der Waals surface area contributed by atoms with Gasteiger partial charge in [-0.25, -0.2) is 0 Å². The number of carbonyl (C=O) groups excluding carboxylic acids is 2. The molecule has 5 rings (SSSR count). The lowest BCUT2D eigenvalue weighted by Gasteiger charge is -2.43. The van der Waals surface area contributed by atoms with Crippen molar-refractivity contribution in [1.29, 1.82) is 0 Å². The van der Waals surface area contributed by atoms with E-state index in [-0.39, 0.29) is 23.8 Å². The van der Waals surface area contributed by atoms with Gasteiger partial charge in [0, 0.05) is 43.0 Å². The van der Waals surface area contributed by atoms with Crippen LogP contribution in [0.25, 0.3) is 0 Å². The van der Waals surface area contributed by atoms with Gasteiger partial charge in [0.05, 0.1) is 0 Å². The van der Waals surface area contributed by atoms with E-state index in [1.807, 2.05) is 4.90 Å². The van der Waals surface area contributed by atoms with Crippen LogP contribution in [0.1, 0.15) is 67.4 Å². The average Bonchev–Trinajstić information content (AvgIpc) is 3.67. The van der Waals surface area contributed by atoms with Gasteiger partial charge in [0.1, 0.15) is 6.04 Å². The molecule has 1 saturated heterocycles. The van der Waals surface area contributed by atoms with Gasteiger partial charge >= 0.3 is 0 Å². The first-order valence-corrected chi connectivity index (χ1v) is 15.5. The van der Waals surface area contributed by atoms with Crippen LogP contribution in [0.3, 0.4) is 0 Å². The maximum Gasteiger partial charge on any atom is 0.242 e. The predicted octanol–water partition coefficient (Wildman–Crippen LogP) is 4.71. The molecule has 1 aliphatic heterocycles. The lowest BCUT2D eigenvalue weighted by molar-refractivity contribution is -0.145. The van der Waals surface area contributed by atoms with Crippen molar-refractivity contribution in [3.05, 3.63) is 57.8 Å². The van der Waals surface area contributed by atoms with Crippen molar-refractivity contribution in [2.24, 2.45) is 23.5 Å². The first kappa shape index (κ1) is 27.4. The number of nitrogens with zero attached hydrogens (tertiary/aromatic N) is 2. The summed E-state index contributed by atoms with van der Waals surface area (Å²) in [5.74, 6) is 1.41. The van der Waals surface area contributed by atoms with Crippen molar-refractivity contribution in [2.45, 2.75) is 83.5 Å². The van der Waals surface area contributed by atoms with Crippen LogP contribution in [0.15, 0.2) is 41.8 Å². The Labute approximate surface area is 232 Å². The summed E-state index contributed by atoms with van der Waals surface area (Å²) in [7, 11) is 0. The number of thiophene rings is 1. The molecule has 1 aromatic carbocycles. The molecule has 38 heavy (non-hydrogen) atoms. The molecule has 3 unspecified atom stereocenters. The van der Waals surface area contributed by atoms with Gasteiger partial charge in [0.2, 0.25) is 11.8 Å². The number of likely N-dealkylation sites (tertiary alicyclic amines) is 1. The Bertz CT molecular complexity index is 1070. The van der Waals surface area contributed by atoms with Crippen LogP contribution in [0.4, 0.5) is 0 Å². The third kappa shape index (κ3) is 6.85. The third-order valence-electron chi connectivity index (χ3n) is 8.97. The average molecular weight is 537 g/mol. The van der Waals surface area contributed by atoms with Crippen LogP contribution in [0.2, 0.25) is 0 Å². The molecule has 7 heteroatoms. The summed E-state index contributed by atoms with van der Waals surface area (Å²) < 4.78 is 0. The second-order valence-corrected chi connectivity index (χ2v) is 12.8. The maximum atomic E-state index is 13.7. The number of piperidine rings is 1. The number of hydrogen-bond donors (Lipinski definition) is 2. The van der Waals surface area contributed by atoms with E-state index < -0.39 is 6.04 Å². The minimum atomic E-state index is -0.390. The largest absolute Gasteiger partial charge is 0.354 e. The molecule has 0 bridgehead atoms. The standard InChI is InChI=1S/C31H44N4O2S/c1-22-6-2-3-9-26(22)20-34(21-28-10-5-15-38-28)27-13-14-35(31(37)25-11-12-25)29(17-27)30(36)33-19-24-8-4-7-23(16-24)18-32/h2-3,5-6,9-10,15,23-25,27,29H,4,7-8,11-14,16-21,32H2,1H3,(H,33,36)/t23?,24?,27?,29-/m1/s1. The Hall–Kier alpha value is -2.22. The Morgan fingerprint density at radius 2 is 1.84 bits per heavy atom. The summed E-state index contributed by atoms with van der Waals surface area (Å²) in [5, 5.41) is 5.42. The fourth-order valence-electron chi connectivity index (χ4n) is 6.44. The summed E-state index contributed by atoms with van der Waals surface area (Å²) in [4.78, 5) is 32.8. The molecule has 2 amide bonds. The van der Waals surface area contributed by atoms with E-state index in [0.717, 1.165) is 51.7 Å². The SMILES string of the molecule is Cc1ccccc1CN(Cc1cccs1)C1CCN(C(=O)C2CC2)[C@@H](C(=O)NCC2CCCC(CN)C2)C1. The molecule has 2 heterocycles. The molecule has 4 atom stereocenters. The number of aryl methyl sites for hydroxylation is 1. The predicted molar refractivity (Wildman–Crippen MR) is 154 cm³/mol. The van der Waals surface area contributed by atoms with Crippen LogP contribution < -0.4 is 11.1 Å².